The molecule has 1 unspecified atom stereocenters. The van der Waals surface area contributed by atoms with Gasteiger partial charge in [-0.15, -0.1) is 11.3 Å². The summed E-state index contributed by atoms with van der Waals surface area (Å²) in [5.74, 6) is -0.301. The highest BCUT2D eigenvalue weighted by molar-refractivity contribution is 7.09. The molecule has 1 N–H and O–H groups in total. The molecule has 0 spiro atoms. The van der Waals surface area contributed by atoms with E-state index in [9.17, 15) is 4.39 Å². The van der Waals surface area contributed by atoms with Crippen LogP contribution >= 0.6 is 11.3 Å². The van der Waals surface area contributed by atoms with Crippen LogP contribution in [0.4, 0.5) is 4.39 Å². The molecular weight excluding hydrogens is 287 g/mol. The van der Waals surface area contributed by atoms with Gasteiger partial charge in [-0.1, -0.05) is 0 Å². The Bertz CT molecular complexity index is 555. The average Bonchev–Trinajstić information content (AvgIpc) is 2.86. The summed E-state index contributed by atoms with van der Waals surface area (Å²) in [6.45, 7) is 3.78. The van der Waals surface area contributed by atoms with E-state index in [1.54, 1.807) is 17.4 Å². The van der Waals surface area contributed by atoms with E-state index in [1.165, 1.54) is 12.3 Å². The van der Waals surface area contributed by atoms with Gasteiger partial charge in [0, 0.05) is 18.5 Å². The molecule has 0 bridgehead atoms. The molecule has 6 heteroatoms. The summed E-state index contributed by atoms with van der Waals surface area (Å²) < 4.78 is 12.9. The lowest BCUT2D eigenvalue weighted by molar-refractivity contribution is 0.300. The maximum atomic E-state index is 12.9. The second-order valence-electron chi connectivity index (χ2n) is 5.13. The Balaban J connectivity index is 1.86. The number of pyridine rings is 1. The van der Waals surface area contributed by atoms with Crippen molar-refractivity contribution in [3.63, 3.8) is 0 Å². The third-order valence-corrected chi connectivity index (χ3v) is 4.18. The lowest BCUT2D eigenvalue weighted by Gasteiger charge is -2.20. The largest absolute Gasteiger partial charge is 0.312 e. The molecule has 0 aliphatic heterocycles. The Morgan fingerprint density at radius 1 is 1.43 bits per heavy atom. The van der Waals surface area contributed by atoms with E-state index in [0.717, 1.165) is 35.9 Å². The predicted molar refractivity (Wildman–Crippen MR) is 83.8 cm³/mol. The fraction of sp³-hybridized carbons (Fsp3) is 0.467. The Kier molecular flexibility index (Phi) is 5.78. The second-order valence-corrected chi connectivity index (χ2v) is 6.19. The Hall–Kier alpha value is -1.37. The lowest BCUT2D eigenvalue weighted by atomic mass is 10.1. The summed E-state index contributed by atoms with van der Waals surface area (Å²) in [5, 5.41) is 6.44. The summed E-state index contributed by atoms with van der Waals surface area (Å²) in [4.78, 5) is 10.9. The number of halogens is 1. The molecule has 4 nitrogen and oxygen atoms in total. The molecule has 0 aromatic carbocycles. The van der Waals surface area contributed by atoms with Crippen molar-refractivity contribution in [3.8, 4) is 0 Å². The first-order valence-electron chi connectivity index (χ1n) is 6.96. The fourth-order valence-electron chi connectivity index (χ4n) is 2.22. The van der Waals surface area contributed by atoms with Crippen molar-refractivity contribution in [2.75, 3.05) is 20.6 Å². The molecule has 0 amide bonds. The normalized spacial score (nSPS) is 12.8. The number of hydrogen-bond donors (Lipinski definition) is 1. The van der Waals surface area contributed by atoms with Crippen LogP contribution in [0.5, 0.6) is 0 Å². The molecule has 2 heterocycles. The third-order valence-electron chi connectivity index (χ3n) is 3.35. The van der Waals surface area contributed by atoms with Gasteiger partial charge in [0.2, 0.25) is 0 Å². The smallest absolute Gasteiger partial charge is 0.141 e. The van der Waals surface area contributed by atoms with Crippen LogP contribution < -0.4 is 5.32 Å². The molecule has 1 atom stereocenters. The number of aromatic nitrogens is 2. The molecule has 0 aliphatic carbocycles. The molecule has 21 heavy (non-hydrogen) atoms. The number of nitrogens with zero attached hydrogens (tertiary/aromatic N) is 3. The standard InChI is InChI=1S/C15H21FN4S/c1-11-19-13(10-21-11)9-20(3)7-6-14(17-2)15-5-4-12(16)8-18-15/h4-5,8,10,14,17H,6-7,9H2,1-3H3. The Morgan fingerprint density at radius 2 is 2.24 bits per heavy atom. The van der Waals surface area contributed by atoms with Crippen molar-refractivity contribution in [2.45, 2.75) is 25.9 Å². The maximum Gasteiger partial charge on any atom is 0.141 e. The number of nitrogens with one attached hydrogen (secondary N) is 1. The molecular formula is C15H21FN4S. The Labute approximate surface area is 129 Å². The van der Waals surface area contributed by atoms with Crippen LogP contribution in [0.3, 0.4) is 0 Å². The van der Waals surface area contributed by atoms with Crippen LogP contribution in [-0.2, 0) is 6.54 Å². The second kappa shape index (κ2) is 7.59. The molecule has 0 radical (unpaired) electrons. The van der Waals surface area contributed by atoms with Crippen molar-refractivity contribution in [3.05, 3.63) is 45.9 Å². The van der Waals surface area contributed by atoms with Crippen LogP contribution in [0.1, 0.15) is 28.9 Å². The zero-order chi connectivity index (χ0) is 15.2. The van der Waals surface area contributed by atoms with Crippen LogP contribution in [0, 0.1) is 12.7 Å². The van der Waals surface area contributed by atoms with Crippen LogP contribution in [0.2, 0.25) is 0 Å². The van der Waals surface area contributed by atoms with Gasteiger partial charge in [0.15, 0.2) is 0 Å². The van der Waals surface area contributed by atoms with E-state index in [2.05, 4.69) is 32.6 Å². The first-order chi connectivity index (χ1) is 10.1. The minimum atomic E-state index is -0.301. The average molecular weight is 308 g/mol. The first-order valence-corrected chi connectivity index (χ1v) is 7.84. The lowest BCUT2D eigenvalue weighted by Crippen LogP contribution is -2.25. The van der Waals surface area contributed by atoms with E-state index < -0.39 is 0 Å². The molecule has 114 valence electrons. The predicted octanol–water partition coefficient (Wildman–Crippen LogP) is 2.77. The Morgan fingerprint density at radius 3 is 2.81 bits per heavy atom. The molecule has 0 saturated heterocycles. The number of rotatable bonds is 7. The first kappa shape index (κ1) is 16.0. The highest BCUT2D eigenvalue weighted by atomic mass is 32.1. The summed E-state index contributed by atoms with van der Waals surface area (Å²) in [6.07, 6.45) is 2.18. The van der Waals surface area contributed by atoms with Crippen molar-refractivity contribution in [2.24, 2.45) is 0 Å². The van der Waals surface area contributed by atoms with E-state index in [1.807, 2.05) is 14.0 Å². The number of thiazole rings is 1. The molecule has 0 aliphatic rings. The van der Waals surface area contributed by atoms with Crippen LogP contribution in [0.25, 0.3) is 0 Å². The van der Waals surface area contributed by atoms with Gasteiger partial charge in [-0.3, -0.25) is 4.98 Å². The molecule has 2 aromatic rings. The van der Waals surface area contributed by atoms with E-state index >= 15 is 0 Å². The monoisotopic (exact) mass is 308 g/mol. The van der Waals surface area contributed by atoms with Crippen LogP contribution in [-0.4, -0.2) is 35.5 Å². The van der Waals surface area contributed by atoms with Gasteiger partial charge in [-0.25, -0.2) is 9.37 Å². The van der Waals surface area contributed by atoms with Gasteiger partial charge in [-0.2, -0.15) is 0 Å². The van der Waals surface area contributed by atoms with Gasteiger partial charge in [0.1, 0.15) is 5.82 Å². The minimum absolute atomic E-state index is 0.130. The fourth-order valence-corrected chi connectivity index (χ4v) is 2.82. The van der Waals surface area contributed by atoms with Gasteiger partial charge in [-0.05, 0) is 39.6 Å². The topological polar surface area (TPSA) is 41.0 Å². The van der Waals surface area contributed by atoms with Crippen molar-refractivity contribution in [1.82, 2.24) is 20.2 Å². The summed E-state index contributed by atoms with van der Waals surface area (Å²) >= 11 is 1.68. The summed E-state index contributed by atoms with van der Waals surface area (Å²) in [6, 6.07) is 3.32. The van der Waals surface area contributed by atoms with Crippen molar-refractivity contribution in [1.29, 1.82) is 0 Å². The molecule has 2 rings (SSSR count). The molecule has 0 saturated carbocycles. The van der Waals surface area contributed by atoms with E-state index in [-0.39, 0.29) is 11.9 Å². The number of aryl methyl sites for hydroxylation is 1. The third kappa shape index (κ3) is 4.84. The zero-order valence-electron chi connectivity index (χ0n) is 12.6. The van der Waals surface area contributed by atoms with Gasteiger partial charge >= 0.3 is 0 Å². The number of hydrogen-bond acceptors (Lipinski definition) is 5. The van der Waals surface area contributed by atoms with Crippen LogP contribution in [0.15, 0.2) is 23.7 Å². The highest BCUT2D eigenvalue weighted by Gasteiger charge is 2.12. The summed E-state index contributed by atoms with van der Waals surface area (Å²) in [7, 11) is 3.99. The van der Waals surface area contributed by atoms with E-state index in [4.69, 9.17) is 0 Å². The van der Waals surface area contributed by atoms with Gasteiger partial charge < -0.3 is 10.2 Å². The minimum Gasteiger partial charge on any atom is -0.312 e. The summed E-state index contributed by atoms with van der Waals surface area (Å²) in [5.41, 5.74) is 1.98. The van der Waals surface area contributed by atoms with Crippen molar-refractivity contribution < 1.29 is 4.39 Å². The van der Waals surface area contributed by atoms with Crippen molar-refractivity contribution >= 4 is 11.3 Å². The SMILES string of the molecule is CNC(CCN(C)Cc1csc(C)n1)c1ccc(F)cn1. The maximum absolute atomic E-state index is 12.9. The highest BCUT2D eigenvalue weighted by Crippen LogP contribution is 2.16. The zero-order valence-corrected chi connectivity index (χ0v) is 13.5. The van der Waals surface area contributed by atoms with Gasteiger partial charge in [0.25, 0.3) is 0 Å². The quantitative estimate of drug-likeness (QED) is 0.854. The van der Waals surface area contributed by atoms with Gasteiger partial charge in [0.05, 0.1) is 28.6 Å². The molecule has 0 fully saturated rings. The molecule has 2 aromatic heterocycles. The van der Waals surface area contributed by atoms with E-state index in [0.29, 0.717) is 0 Å².